The summed E-state index contributed by atoms with van der Waals surface area (Å²) in [5.41, 5.74) is 2.09. The van der Waals surface area contributed by atoms with E-state index >= 15 is 0 Å². The number of hydrogen-bond donors (Lipinski definition) is 1. The Labute approximate surface area is 103 Å². The summed E-state index contributed by atoms with van der Waals surface area (Å²) >= 11 is 3.38. The van der Waals surface area contributed by atoms with Gasteiger partial charge in [-0.25, -0.2) is 0 Å². The highest BCUT2D eigenvalue weighted by atomic mass is 79.9. The number of pyridine rings is 1. The first-order valence-corrected chi connectivity index (χ1v) is 5.97. The summed E-state index contributed by atoms with van der Waals surface area (Å²) in [5.74, 6) is 0. The first kappa shape index (κ1) is 11.4. The average Bonchev–Trinajstić information content (AvgIpc) is 2.81. The molecule has 2 aromatic heterocycles. The molecule has 0 bridgehead atoms. The molecule has 0 fully saturated rings. The van der Waals surface area contributed by atoms with E-state index in [2.05, 4.69) is 33.2 Å². The molecule has 2 rings (SSSR count). The average molecular weight is 281 g/mol. The number of furan rings is 1. The van der Waals surface area contributed by atoms with E-state index in [0.29, 0.717) is 0 Å². The van der Waals surface area contributed by atoms with Crippen LogP contribution in [0.3, 0.4) is 0 Å². The number of hydrogen-bond acceptors (Lipinski definition) is 3. The zero-order chi connectivity index (χ0) is 11.4. The van der Waals surface area contributed by atoms with Gasteiger partial charge in [0.05, 0.1) is 24.3 Å². The second-order valence-electron chi connectivity index (χ2n) is 3.45. The fourth-order valence-electron chi connectivity index (χ4n) is 1.59. The predicted molar refractivity (Wildman–Crippen MR) is 66.2 cm³/mol. The fraction of sp³-hybridized carbons (Fsp3) is 0.250. The normalized spacial score (nSPS) is 12.6. The lowest BCUT2D eigenvalue weighted by Gasteiger charge is -2.15. The van der Waals surface area contributed by atoms with Crippen molar-refractivity contribution in [2.75, 3.05) is 6.54 Å². The van der Waals surface area contributed by atoms with Crippen molar-refractivity contribution in [1.82, 2.24) is 10.3 Å². The van der Waals surface area contributed by atoms with E-state index in [9.17, 15) is 0 Å². The lowest BCUT2D eigenvalue weighted by molar-refractivity contribution is 0.550. The summed E-state index contributed by atoms with van der Waals surface area (Å²) < 4.78 is 6.09. The Morgan fingerprint density at radius 1 is 1.44 bits per heavy atom. The van der Waals surface area contributed by atoms with Gasteiger partial charge < -0.3 is 9.73 Å². The molecule has 1 atom stereocenters. The van der Waals surface area contributed by atoms with E-state index in [-0.39, 0.29) is 6.04 Å². The van der Waals surface area contributed by atoms with E-state index in [4.69, 9.17) is 4.42 Å². The van der Waals surface area contributed by atoms with E-state index in [1.807, 2.05) is 18.2 Å². The summed E-state index contributed by atoms with van der Waals surface area (Å²) in [6.07, 6.45) is 5.23. The van der Waals surface area contributed by atoms with E-state index in [1.165, 1.54) is 0 Å². The van der Waals surface area contributed by atoms with E-state index < -0.39 is 0 Å². The highest BCUT2D eigenvalue weighted by Crippen LogP contribution is 2.21. The molecule has 2 aromatic rings. The maximum absolute atomic E-state index is 5.11. The lowest BCUT2D eigenvalue weighted by Crippen LogP contribution is -2.22. The van der Waals surface area contributed by atoms with Crippen LogP contribution in [0.2, 0.25) is 0 Å². The molecule has 0 saturated heterocycles. The second-order valence-corrected chi connectivity index (χ2v) is 4.36. The quantitative estimate of drug-likeness (QED) is 0.935. The van der Waals surface area contributed by atoms with Crippen LogP contribution in [0.1, 0.15) is 24.2 Å². The highest BCUT2D eigenvalue weighted by molar-refractivity contribution is 9.10. The van der Waals surface area contributed by atoms with Crippen molar-refractivity contribution >= 4 is 15.9 Å². The van der Waals surface area contributed by atoms with E-state index in [0.717, 1.165) is 22.3 Å². The van der Waals surface area contributed by atoms with Gasteiger partial charge in [0.15, 0.2) is 0 Å². The Morgan fingerprint density at radius 2 is 2.31 bits per heavy atom. The molecule has 84 valence electrons. The summed E-state index contributed by atoms with van der Waals surface area (Å²) in [4.78, 5) is 4.40. The van der Waals surface area contributed by atoms with Gasteiger partial charge in [0.2, 0.25) is 0 Å². The van der Waals surface area contributed by atoms with Crippen LogP contribution in [-0.4, -0.2) is 11.5 Å². The molecule has 16 heavy (non-hydrogen) atoms. The Bertz CT molecular complexity index is 425. The molecule has 0 aromatic carbocycles. The van der Waals surface area contributed by atoms with Crippen molar-refractivity contribution in [2.45, 2.75) is 13.0 Å². The Morgan fingerprint density at radius 3 is 2.88 bits per heavy atom. The van der Waals surface area contributed by atoms with Gasteiger partial charge in [-0.3, -0.25) is 4.98 Å². The SMILES string of the molecule is CCNC(c1ccoc1)c1ccc(Br)cn1. The Kier molecular flexibility index (Phi) is 3.74. The van der Waals surface area contributed by atoms with Crippen LogP contribution in [0.5, 0.6) is 0 Å². The molecule has 0 radical (unpaired) electrons. The van der Waals surface area contributed by atoms with Crippen molar-refractivity contribution in [3.63, 3.8) is 0 Å². The molecule has 0 amide bonds. The van der Waals surface area contributed by atoms with Crippen LogP contribution in [0.4, 0.5) is 0 Å². The minimum Gasteiger partial charge on any atom is -0.472 e. The molecular formula is C12H13BrN2O. The molecular weight excluding hydrogens is 268 g/mol. The number of halogens is 1. The van der Waals surface area contributed by atoms with Gasteiger partial charge in [-0.05, 0) is 40.7 Å². The van der Waals surface area contributed by atoms with Crippen LogP contribution < -0.4 is 5.32 Å². The molecule has 0 spiro atoms. The number of nitrogens with zero attached hydrogens (tertiary/aromatic N) is 1. The van der Waals surface area contributed by atoms with Crippen LogP contribution in [0.15, 0.2) is 45.8 Å². The minimum absolute atomic E-state index is 0.0943. The topological polar surface area (TPSA) is 38.1 Å². The zero-order valence-corrected chi connectivity index (χ0v) is 10.6. The van der Waals surface area contributed by atoms with Gasteiger partial charge in [-0.15, -0.1) is 0 Å². The first-order valence-electron chi connectivity index (χ1n) is 5.18. The molecule has 4 heteroatoms. The molecule has 0 aliphatic carbocycles. The summed E-state index contributed by atoms with van der Waals surface area (Å²) in [5, 5.41) is 3.38. The highest BCUT2D eigenvalue weighted by Gasteiger charge is 2.14. The largest absolute Gasteiger partial charge is 0.472 e. The number of aromatic nitrogens is 1. The van der Waals surface area contributed by atoms with Crippen LogP contribution >= 0.6 is 15.9 Å². The third-order valence-electron chi connectivity index (χ3n) is 2.33. The van der Waals surface area contributed by atoms with Crippen molar-refractivity contribution in [3.05, 3.63) is 52.7 Å². The van der Waals surface area contributed by atoms with Gasteiger partial charge in [0, 0.05) is 16.2 Å². The van der Waals surface area contributed by atoms with Crippen LogP contribution in [0, 0.1) is 0 Å². The van der Waals surface area contributed by atoms with Crippen LogP contribution in [-0.2, 0) is 0 Å². The van der Waals surface area contributed by atoms with Crippen molar-refractivity contribution in [2.24, 2.45) is 0 Å². The molecule has 0 saturated carbocycles. The third kappa shape index (κ3) is 2.51. The Balaban J connectivity index is 2.29. The smallest absolute Gasteiger partial charge is 0.0954 e. The third-order valence-corrected chi connectivity index (χ3v) is 2.80. The molecule has 1 N–H and O–H groups in total. The standard InChI is InChI=1S/C12H13BrN2O/c1-2-14-12(9-5-6-16-8-9)11-4-3-10(13)7-15-11/h3-8,12,14H,2H2,1H3. The number of nitrogens with one attached hydrogen (secondary N) is 1. The first-order chi connectivity index (χ1) is 7.81. The van der Waals surface area contributed by atoms with E-state index in [1.54, 1.807) is 18.7 Å². The van der Waals surface area contributed by atoms with Crippen molar-refractivity contribution in [3.8, 4) is 0 Å². The lowest BCUT2D eigenvalue weighted by atomic mass is 10.1. The summed E-state index contributed by atoms with van der Waals surface area (Å²) in [6, 6.07) is 6.05. The molecule has 3 nitrogen and oxygen atoms in total. The molecule has 1 unspecified atom stereocenters. The van der Waals surface area contributed by atoms with Gasteiger partial charge in [0.25, 0.3) is 0 Å². The van der Waals surface area contributed by atoms with Gasteiger partial charge in [-0.1, -0.05) is 6.92 Å². The summed E-state index contributed by atoms with van der Waals surface area (Å²) in [7, 11) is 0. The maximum atomic E-state index is 5.11. The Hall–Kier alpha value is -1.13. The number of rotatable bonds is 4. The van der Waals surface area contributed by atoms with Crippen molar-refractivity contribution < 1.29 is 4.42 Å². The summed E-state index contributed by atoms with van der Waals surface area (Å²) in [6.45, 7) is 2.96. The fourth-order valence-corrected chi connectivity index (χ4v) is 1.83. The molecule has 0 aliphatic rings. The zero-order valence-electron chi connectivity index (χ0n) is 8.98. The van der Waals surface area contributed by atoms with Gasteiger partial charge >= 0.3 is 0 Å². The predicted octanol–water partition coefficient (Wildman–Crippen LogP) is 3.14. The van der Waals surface area contributed by atoms with Crippen molar-refractivity contribution in [1.29, 1.82) is 0 Å². The second kappa shape index (κ2) is 5.27. The molecule has 0 aliphatic heterocycles. The maximum Gasteiger partial charge on any atom is 0.0954 e. The van der Waals surface area contributed by atoms with Crippen LogP contribution in [0.25, 0.3) is 0 Å². The monoisotopic (exact) mass is 280 g/mol. The van der Waals surface area contributed by atoms with Gasteiger partial charge in [-0.2, -0.15) is 0 Å². The van der Waals surface area contributed by atoms with Gasteiger partial charge in [0.1, 0.15) is 0 Å². The minimum atomic E-state index is 0.0943. The molecule has 2 heterocycles.